The van der Waals surface area contributed by atoms with Crippen LogP contribution < -0.4 is 10.6 Å². The van der Waals surface area contributed by atoms with E-state index in [-0.39, 0.29) is 5.82 Å². The van der Waals surface area contributed by atoms with E-state index in [0.717, 1.165) is 24.5 Å². The molecule has 88 valence electrons. The first kappa shape index (κ1) is 11.6. The van der Waals surface area contributed by atoms with Gasteiger partial charge in [-0.2, -0.15) is 11.8 Å². The summed E-state index contributed by atoms with van der Waals surface area (Å²) in [6, 6.07) is 3.29. The molecule has 2 nitrogen and oxygen atoms in total. The molecule has 0 amide bonds. The molecule has 4 heteroatoms. The molecule has 1 saturated heterocycles. The Balaban J connectivity index is 2.27. The van der Waals surface area contributed by atoms with Crippen molar-refractivity contribution in [3.8, 4) is 0 Å². The third-order valence-electron chi connectivity index (χ3n) is 2.87. The average molecular weight is 240 g/mol. The molecular formula is C12H17FN2S. The highest BCUT2D eigenvalue weighted by molar-refractivity contribution is 7.99. The standard InChI is InChI=1S/C12H17FN2S/c1-9-7-12(11(14)8-10(9)13)15-3-2-5-16-6-4-15/h7-8H,2-6,14H2,1H3. The summed E-state index contributed by atoms with van der Waals surface area (Å²) in [7, 11) is 0. The minimum absolute atomic E-state index is 0.217. The number of hydrogen-bond acceptors (Lipinski definition) is 3. The van der Waals surface area contributed by atoms with Crippen LogP contribution in [0.4, 0.5) is 15.8 Å². The zero-order valence-corrected chi connectivity index (χ0v) is 10.3. The second-order valence-corrected chi connectivity index (χ2v) is 5.34. The molecule has 0 radical (unpaired) electrons. The van der Waals surface area contributed by atoms with Gasteiger partial charge in [-0.25, -0.2) is 4.39 Å². The van der Waals surface area contributed by atoms with Crippen molar-refractivity contribution in [3.05, 3.63) is 23.5 Å². The highest BCUT2D eigenvalue weighted by atomic mass is 32.2. The van der Waals surface area contributed by atoms with E-state index in [9.17, 15) is 4.39 Å². The SMILES string of the molecule is Cc1cc(N2CCCSCC2)c(N)cc1F. The Morgan fingerprint density at radius 1 is 1.31 bits per heavy atom. The molecule has 0 spiro atoms. The molecule has 0 bridgehead atoms. The van der Waals surface area contributed by atoms with E-state index in [2.05, 4.69) is 4.90 Å². The topological polar surface area (TPSA) is 29.3 Å². The largest absolute Gasteiger partial charge is 0.397 e. The van der Waals surface area contributed by atoms with Crippen LogP contribution in [-0.2, 0) is 0 Å². The Hall–Kier alpha value is -0.900. The van der Waals surface area contributed by atoms with Gasteiger partial charge in [-0.15, -0.1) is 0 Å². The van der Waals surface area contributed by atoms with Crippen LogP contribution in [0.1, 0.15) is 12.0 Å². The van der Waals surface area contributed by atoms with E-state index < -0.39 is 0 Å². The molecule has 2 N–H and O–H groups in total. The highest BCUT2D eigenvalue weighted by Crippen LogP contribution is 2.28. The molecule has 1 aliphatic rings. The van der Waals surface area contributed by atoms with E-state index in [1.807, 2.05) is 17.8 Å². The normalized spacial score (nSPS) is 17.2. The van der Waals surface area contributed by atoms with E-state index in [4.69, 9.17) is 5.73 Å². The summed E-state index contributed by atoms with van der Waals surface area (Å²) in [5.74, 6) is 2.11. The lowest BCUT2D eigenvalue weighted by atomic mass is 10.1. The van der Waals surface area contributed by atoms with Crippen LogP contribution in [0.25, 0.3) is 0 Å². The Morgan fingerprint density at radius 3 is 2.94 bits per heavy atom. The van der Waals surface area contributed by atoms with Gasteiger partial charge in [-0.3, -0.25) is 0 Å². The molecule has 16 heavy (non-hydrogen) atoms. The lowest BCUT2D eigenvalue weighted by Crippen LogP contribution is -2.26. The van der Waals surface area contributed by atoms with Gasteiger partial charge < -0.3 is 10.6 Å². The van der Waals surface area contributed by atoms with Crippen LogP contribution in [0, 0.1) is 12.7 Å². The lowest BCUT2D eigenvalue weighted by Gasteiger charge is -2.24. The van der Waals surface area contributed by atoms with E-state index in [1.165, 1.54) is 18.2 Å². The van der Waals surface area contributed by atoms with Crippen molar-refractivity contribution in [1.29, 1.82) is 0 Å². The van der Waals surface area contributed by atoms with Crippen LogP contribution in [0.2, 0.25) is 0 Å². The Kier molecular flexibility index (Phi) is 3.59. The van der Waals surface area contributed by atoms with Gasteiger partial charge in [0.05, 0.1) is 11.4 Å². The fraction of sp³-hybridized carbons (Fsp3) is 0.500. The van der Waals surface area contributed by atoms with E-state index in [0.29, 0.717) is 11.3 Å². The first-order valence-corrected chi connectivity index (χ1v) is 6.72. The van der Waals surface area contributed by atoms with Gasteiger partial charge in [0.2, 0.25) is 0 Å². The number of nitrogen functional groups attached to an aromatic ring is 1. The fourth-order valence-corrected chi connectivity index (χ4v) is 2.83. The smallest absolute Gasteiger partial charge is 0.128 e. The number of rotatable bonds is 1. The molecule has 1 aromatic rings. The van der Waals surface area contributed by atoms with Gasteiger partial charge in [0.1, 0.15) is 5.82 Å². The number of halogens is 1. The molecule has 0 saturated carbocycles. The van der Waals surface area contributed by atoms with Crippen molar-refractivity contribution in [2.24, 2.45) is 0 Å². The third kappa shape index (κ3) is 2.43. The number of hydrogen-bond donors (Lipinski definition) is 1. The van der Waals surface area contributed by atoms with E-state index in [1.54, 1.807) is 6.92 Å². The fourth-order valence-electron chi connectivity index (χ4n) is 1.94. The van der Waals surface area contributed by atoms with Crippen molar-refractivity contribution in [2.75, 3.05) is 35.2 Å². The quantitative estimate of drug-likeness (QED) is 0.765. The second kappa shape index (κ2) is 4.95. The minimum atomic E-state index is -0.217. The predicted molar refractivity (Wildman–Crippen MR) is 69.7 cm³/mol. The lowest BCUT2D eigenvalue weighted by molar-refractivity contribution is 0.619. The van der Waals surface area contributed by atoms with Gasteiger partial charge >= 0.3 is 0 Å². The summed E-state index contributed by atoms with van der Waals surface area (Å²) in [4.78, 5) is 2.27. The number of benzene rings is 1. The summed E-state index contributed by atoms with van der Waals surface area (Å²) in [5.41, 5.74) is 8.09. The van der Waals surface area contributed by atoms with Crippen molar-refractivity contribution in [1.82, 2.24) is 0 Å². The third-order valence-corrected chi connectivity index (χ3v) is 3.92. The maximum Gasteiger partial charge on any atom is 0.128 e. The van der Waals surface area contributed by atoms with Crippen molar-refractivity contribution in [2.45, 2.75) is 13.3 Å². The number of thioether (sulfide) groups is 1. The number of anilines is 2. The number of nitrogens with two attached hydrogens (primary N) is 1. The molecule has 1 aliphatic heterocycles. The molecule has 0 aliphatic carbocycles. The van der Waals surface area contributed by atoms with Gasteiger partial charge in [-0.1, -0.05) is 0 Å². The van der Waals surface area contributed by atoms with Crippen LogP contribution in [0.15, 0.2) is 12.1 Å². The van der Waals surface area contributed by atoms with Crippen molar-refractivity contribution < 1.29 is 4.39 Å². The van der Waals surface area contributed by atoms with E-state index >= 15 is 0 Å². The molecule has 1 aromatic carbocycles. The summed E-state index contributed by atoms with van der Waals surface area (Å²) >= 11 is 1.97. The monoisotopic (exact) mass is 240 g/mol. The van der Waals surface area contributed by atoms with Gasteiger partial charge in [-0.05, 0) is 36.8 Å². The van der Waals surface area contributed by atoms with Gasteiger partial charge in [0.25, 0.3) is 0 Å². The highest BCUT2D eigenvalue weighted by Gasteiger charge is 2.14. The summed E-state index contributed by atoms with van der Waals surface area (Å²) in [6.45, 7) is 3.80. The number of nitrogens with zero attached hydrogens (tertiary/aromatic N) is 1. The maximum absolute atomic E-state index is 13.3. The van der Waals surface area contributed by atoms with Crippen LogP contribution >= 0.6 is 11.8 Å². The molecule has 0 aromatic heterocycles. The van der Waals surface area contributed by atoms with Crippen LogP contribution in [0.3, 0.4) is 0 Å². The summed E-state index contributed by atoms with van der Waals surface area (Å²) in [5, 5.41) is 0. The maximum atomic E-state index is 13.3. The Morgan fingerprint density at radius 2 is 2.12 bits per heavy atom. The first-order chi connectivity index (χ1) is 7.68. The second-order valence-electron chi connectivity index (χ2n) is 4.11. The average Bonchev–Trinajstić information content (AvgIpc) is 2.52. The zero-order valence-electron chi connectivity index (χ0n) is 9.50. The van der Waals surface area contributed by atoms with Gasteiger partial charge in [0, 0.05) is 18.8 Å². The summed E-state index contributed by atoms with van der Waals surface area (Å²) < 4.78 is 13.3. The van der Waals surface area contributed by atoms with Crippen LogP contribution in [-0.4, -0.2) is 24.6 Å². The zero-order chi connectivity index (χ0) is 11.5. The molecule has 1 fully saturated rings. The first-order valence-electron chi connectivity index (χ1n) is 5.57. The molecular weight excluding hydrogens is 223 g/mol. The van der Waals surface area contributed by atoms with Crippen molar-refractivity contribution in [3.63, 3.8) is 0 Å². The number of aryl methyl sites for hydroxylation is 1. The Labute approximate surface area is 100 Å². The predicted octanol–water partition coefficient (Wildman–Crippen LogP) is 2.66. The molecule has 1 heterocycles. The molecule has 0 atom stereocenters. The van der Waals surface area contributed by atoms with Gasteiger partial charge in [0.15, 0.2) is 0 Å². The molecule has 2 rings (SSSR count). The molecule has 0 unspecified atom stereocenters. The minimum Gasteiger partial charge on any atom is -0.397 e. The van der Waals surface area contributed by atoms with Crippen molar-refractivity contribution >= 4 is 23.1 Å². The van der Waals surface area contributed by atoms with Crippen LogP contribution in [0.5, 0.6) is 0 Å². The summed E-state index contributed by atoms with van der Waals surface area (Å²) in [6.07, 6.45) is 1.17. The Bertz CT molecular complexity index is 374.